The number of nitrogens with zero attached hydrogens (tertiary/aromatic N) is 4. The topological polar surface area (TPSA) is 102 Å². The van der Waals surface area contributed by atoms with E-state index in [2.05, 4.69) is 15.0 Å². The molecule has 3 aromatic rings. The third kappa shape index (κ3) is 3.52. The number of hydrogen-bond acceptors (Lipinski definition) is 6. The number of carbonyl (C=O) groups is 2. The monoisotopic (exact) mass is 405 g/mol. The number of amides is 1. The fourth-order valence-electron chi connectivity index (χ4n) is 3.53. The van der Waals surface area contributed by atoms with Gasteiger partial charge in [-0.25, -0.2) is 14.4 Å². The van der Waals surface area contributed by atoms with Crippen LogP contribution in [0.1, 0.15) is 35.0 Å². The van der Waals surface area contributed by atoms with Crippen LogP contribution in [0.4, 0.5) is 4.39 Å². The summed E-state index contributed by atoms with van der Waals surface area (Å²) in [6, 6.07) is 11.7. The van der Waals surface area contributed by atoms with Crippen molar-refractivity contribution < 1.29 is 14.0 Å². The second kappa shape index (κ2) is 7.29. The van der Waals surface area contributed by atoms with Crippen LogP contribution < -0.4 is 5.73 Å². The van der Waals surface area contributed by atoms with Gasteiger partial charge in [0.25, 0.3) is 0 Å². The zero-order chi connectivity index (χ0) is 21.5. The number of hydrogen-bond donors (Lipinski definition) is 1. The van der Waals surface area contributed by atoms with Gasteiger partial charge in [0.1, 0.15) is 11.5 Å². The van der Waals surface area contributed by atoms with Crippen molar-refractivity contribution in [3.63, 3.8) is 0 Å². The van der Waals surface area contributed by atoms with Crippen molar-refractivity contribution in [3.8, 4) is 0 Å². The Morgan fingerprint density at radius 2 is 1.97 bits per heavy atom. The molecule has 4 rings (SSSR count). The van der Waals surface area contributed by atoms with E-state index in [4.69, 9.17) is 5.73 Å². The van der Waals surface area contributed by atoms with E-state index in [0.29, 0.717) is 16.6 Å². The molecule has 1 atom stereocenters. The zero-order valence-electron chi connectivity index (χ0n) is 16.6. The minimum Gasteiger partial charge on any atom is -0.369 e. The quantitative estimate of drug-likeness (QED) is 0.673. The zero-order valence-corrected chi connectivity index (χ0v) is 16.6. The van der Waals surface area contributed by atoms with E-state index in [1.165, 1.54) is 24.2 Å². The van der Waals surface area contributed by atoms with Gasteiger partial charge in [0.2, 0.25) is 5.91 Å². The van der Waals surface area contributed by atoms with Gasteiger partial charge in [-0.3, -0.25) is 19.5 Å². The molecule has 8 heteroatoms. The molecule has 1 aliphatic heterocycles. The van der Waals surface area contributed by atoms with E-state index in [1.807, 2.05) is 18.2 Å². The van der Waals surface area contributed by atoms with Gasteiger partial charge in [0, 0.05) is 19.0 Å². The minimum absolute atomic E-state index is 0.0173. The second-order valence-electron chi connectivity index (χ2n) is 7.53. The molecule has 0 radical (unpaired) electrons. The highest BCUT2D eigenvalue weighted by atomic mass is 19.1. The lowest BCUT2D eigenvalue weighted by Gasteiger charge is -2.34. The van der Waals surface area contributed by atoms with E-state index < -0.39 is 11.4 Å². The molecule has 1 amide bonds. The van der Waals surface area contributed by atoms with Crippen molar-refractivity contribution in [1.29, 1.82) is 0 Å². The van der Waals surface area contributed by atoms with E-state index in [-0.39, 0.29) is 41.7 Å². The molecule has 1 aliphatic rings. The number of fused-ring (bicyclic) bond motifs is 1. The first-order chi connectivity index (χ1) is 14.3. The number of carbonyl (C=O) groups excluding carboxylic acids is 2. The Kier molecular flexibility index (Phi) is 4.77. The molecular formula is C22H20FN5O2. The number of Topliss-reactive ketones (excluding diaryl/α,β-unsaturated/α-hetero) is 1. The number of aliphatic imine (C=N–C) groups is 1. The highest BCUT2D eigenvalue weighted by Gasteiger charge is 2.38. The van der Waals surface area contributed by atoms with Crippen molar-refractivity contribution in [2.24, 2.45) is 10.7 Å². The van der Waals surface area contributed by atoms with Crippen molar-refractivity contribution in [3.05, 3.63) is 71.3 Å². The highest BCUT2D eigenvalue weighted by Crippen LogP contribution is 2.35. The van der Waals surface area contributed by atoms with Crippen LogP contribution in [0.5, 0.6) is 0 Å². The fraction of sp³-hybridized carbons (Fsp3) is 0.227. The Labute approximate surface area is 172 Å². The number of benzene rings is 2. The normalized spacial score (nSPS) is 19.1. The predicted octanol–water partition coefficient (Wildman–Crippen LogP) is 2.59. The molecule has 152 valence electrons. The first-order valence-corrected chi connectivity index (χ1v) is 9.42. The number of guanidine groups is 1. The SMILES string of the molecule is CN1C(=O)CC(C)(c2cc(CC(=O)c3cnc4ccccc4n3)ccc2F)N=C1N. The van der Waals surface area contributed by atoms with Gasteiger partial charge in [-0.15, -0.1) is 0 Å². The lowest BCUT2D eigenvalue weighted by atomic mass is 9.85. The predicted molar refractivity (Wildman–Crippen MR) is 110 cm³/mol. The largest absolute Gasteiger partial charge is 0.369 e. The van der Waals surface area contributed by atoms with Crippen molar-refractivity contribution in [2.45, 2.75) is 25.3 Å². The average molecular weight is 405 g/mol. The maximum atomic E-state index is 14.6. The number of nitrogens with two attached hydrogens (primary N) is 1. The van der Waals surface area contributed by atoms with E-state index in [1.54, 1.807) is 25.1 Å². The lowest BCUT2D eigenvalue weighted by Crippen LogP contribution is -2.47. The van der Waals surface area contributed by atoms with Crippen molar-refractivity contribution in [2.75, 3.05) is 7.05 Å². The van der Waals surface area contributed by atoms with Gasteiger partial charge in [-0.1, -0.05) is 18.2 Å². The summed E-state index contributed by atoms with van der Waals surface area (Å²) in [5, 5.41) is 0. The third-order valence-corrected chi connectivity index (χ3v) is 5.28. The standard InChI is InChI=1S/C22H20FN5O2/c1-22(11-20(30)28(2)21(24)27-22)14-9-13(7-8-15(14)23)10-19(29)18-12-25-16-5-3-4-6-17(16)26-18/h3-9,12H,10-11H2,1-2H3,(H2,24,27). The smallest absolute Gasteiger partial charge is 0.231 e. The molecule has 30 heavy (non-hydrogen) atoms. The van der Waals surface area contributed by atoms with Crippen LogP contribution in [0.25, 0.3) is 11.0 Å². The van der Waals surface area contributed by atoms with Crippen LogP contribution in [-0.2, 0) is 16.8 Å². The van der Waals surface area contributed by atoms with Crippen LogP contribution >= 0.6 is 0 Å². The van der Waals surface area contributed by atoms with Crippen LogP contribution in [0.2, 0.25) is 0 Å². The molecule has 0 bridgehead atoms. The van der Waals surface area contributed by atoms with Gasteiger partial charge in [-0.2, -0.15) is 0 Å². The molecule has 1 aromatic heterocycles. The average Bonchev–Trinajstić information content (AvgIpc) is 2.73. The molecule has 0 fully saturated rings. The second-order valence-corrected chi connectivity index (χ2v) is 7.53. The fourth-order valence-corrected chi connectivity index (χ4v) is 3.53. The molecule has 0 aliphatic carbocycles. The molecular weight excluding hydrogens is 385 g/mol. The summed E-state index contributed by atoms with van der Waals surface area (Å²) < 4.78 is 14.6. The van der Waals surface area contributed by atoms with Gasteiger partial charge in [0.05, 0.1) is 29.2 Å². The van der Waals surface area contributed by atoms with Gasteiger partial charge < -0.3 is 5.73 Å². The Balaban J connectivity index is 1.64. The maximum Gasteiger partial charge on any atom is 0.231 e. The highest BCUT2D eigenvalue weighted by molar-refractivity contribution is 5.99. The summed E-state index contributed by atoms with van der Waals surface area (Å²) in [7, 11) is 1.52. The van der Waals surface area contributed by atoms with E-state index >= 15 is 0 Å². The summed E-state index contributed by atoms with van der Waals surface area (Å²) in [6.07, 6.45) is 1.44. The molecule has 2 heterocycles. The number of para-hydroxylation sites is 2. The summed E-state index contributed by atoms with van der Waals surface area (Å²) in [5.41, 5.74) is 7.08. The van der Waals surface area contributed by atoms with E-state index in [9.17, 15) is 14.0 Å². The summed E-state index contributed by atoms with van der Waals surface area (Å²) >= 11 is 0. The molecule has 2 N–H and O–H groups in total. The molecule has 1 unspecified atom stereocenters. The Bertz CT molecular complexity index is 1210. The van der Waals surface area contributed by atoms with E-state index in [0.717, 1.165) is 0 Å². The van der Waals surface area contributed by atoms with Crippen molar-refractivity contribution >= 4 is 28.7 Å². The first kappa shape index (κ1) is 19.6. The first-order valence-electron chi connectivity index (χ1n) is 9.42. The minimum atomic E-state index is -1.14. The van der Waals surface area contributed by atoms with Crippen LogP contribution in [0.3, 0.4) is 0 Å². The van der Waals surface area contributed by atoms with Crippen LogP contribution in [0, 0.1) is 5.82 Å². The van der Waals surface area contributed by atoms with Gasteiger partial charge in [0.15, 0.2) is 11.7 Å². The summed E-state index contributed by atoms with van der Waals surface area (Å²) in [5.74, 6) is -0.968. The lowest BCUT2D eigenvalue weighted by molar-refractivity contribution is -0.128. The number of halogens is 1. The molecule has 2 aromatic carbocycles. The summed E-state index contributed by atoms with van der Waals surface area (Å²) in [6.45, 7) is 1.66. The third-order valence-electron chi connectivity index (χ3n) is 5.28. The molecule has 0 saturated carbocycles. The molecule has 7 nitrogen and oxygen atoms in total. The summed E-state index contributed by atoms with van der Waals surface area (Å²) in [4.78, 5) is 39.2. The Hall–Kier alpha value is -3.68. The maximum absolute atomic E-state index is 14.6. The molecule has 0 saturated heterocycles. The Morgan fingerprint density at radius 3 is 2.70 bits per heavy atom. The number of ketones is 1. The van der Waals surface area contributed by atoms with Crippen LogP contribution in [-0.4, -0.2) is 39.6 Å². The number of aromatic nitrogens is 2. The Morgan fingerprint density at radius 1 is 1.23 bits per heavy atom. The van der Waals surface area contributed by atoms with Crippen LogP contribution in [0.15, 0.2) is 53.7 Å². The number of rotatable bonds is 4. The molecule has 0 spiro atoms. The van der Waals surface area contributed by atoms with Gasteiger partial charge >= 0.3 is 0 Å². The van der Waals surface area contributed by atoms with Gasteiger partial charge in [-0.05, 0) is 36.8 Å². The van der Waals surface area contributed by atoms with Crippen molar-refractivity contribution in [1.82, 2.24) is 14.9 Å².